The molecule has 0 bridgehead atoms. The molecule has 0 radical (unpaired) electrons. The molecule has 0 spiro atoms. The third kappa shape index (κ3) is 5.31. The summed E-state index contributed by atoms with van der Waals surface area (Å²) in [7, 11) is 0. The van der Waals surface area contributed by atoms with Crippen molar-refractivity contribution in [2.45, 2.75) is 32.0 Å². The number of cyclic esters (lactones) is 1. The van der Waals surface area contributed by atoms with Crippen LogP contribution in [0.1, 0.15) is 25.3 Å². The van der Waals surface area contributed by atoms with Crippen molar-refractivity contribution < 1.29 is 23.5 Å². The number of benzene rings is 1. The van der Waals surface area contributed by atoms with Crippen LogP contribution in [0, 0.1) is 17.1 Å². The molecule has 4 rings (SSSR count). The molecule has 2 aliphatic heterocycles. The second-order valence-electron chi connectivity index (χ2n) is 7.99. The molecule has 1 N–H and O–H groups in total. The van der Waals surface area contributed by atoms with E-state index in [4.69, 9.17) is 14.7 Å². The number of nitrogens with zero attached hydrogens (tertiary/aromatic N) is 4. The van der Waals surface area contributed by atoms with Crippen molar-refractivity contribution in [3.8, 4) is 11.8 Å². The van der Waals surface area contributed by atoms with Crippen LogP contribution in [-0.4, -0.2) is 55.4 Å². The largest absolute Gasteiger partial charge is 0.487 e. The topological polar surface area (TPSA) is 108 Å². The Morgan fingerprint density at radius 2 is 2.12 bits per heavy atom. The Morgan fingerprint density at radius 1 is 1.33 bits per heavy atom. The van der Waals surface area contributed by atoms with Gasteiger partial charge in [0.2, 0.25) is 5.91 Å². The van der Waals surface area contributed by atoms with Crippen molar-refractivity contribution in [2.75, 3.05) is 36.0 Å². The Balaban J connectivity index is 1.32. The highest BCUT2D eigenvalue weighted by Gasteiger charge is 2.33. The number of piperidine rings is 1. The van der Waals surface area contributed by atoms with E-state index in [1.807, 2.05) is 6.07 Å². The van der Waals surface area contributed by atoms with E-state index >= 15 is 0 Å². The van der Waals surface area contributed by atoms with Crippen LogP contribution in [0.15, 0.2) is 36.5 Å². The first-order valence-corrected chi connectivity index (χ1v) is 10.7. The molecule has 0 unspecified atom stereocenters. The summed E-state index contributed by atoms with van der Waals surface area (Å²) >= 11 is 0. The predicted octanol–water partition coefficient (Wildman–Crippen LogP) is 2.60. The molecule has 2 aromatic rings. The normalized spacial score (nSPS) is 18.6. The zero-order valence-electron chi connectivity index (χ0n) is 18.2. The smallest absolute Gasteiger partial charge is 0.414 e. The van der Waals surface area contributed by atoms with E-state index in [0.717, 1.165) is 5.82 Å². The Labute approximate surface area is 190 Å². The Hall–Kier alpha value is -3.87. The zero-order chi connectivity index (χ0) is 23.4. The van der Waals surface area contributed by atoms with Crippen molar-refractivity contribution in [1.82, 2.24) is 10.3 Å². The number of nitriles is 1. The van der Waals surface area contributed by atoms with Crippen LogP contribution < -0.4 is 19.9 Å². The molecular formula is C23H24FN5O4. The Bertz CT molecular complexity index is 1060. The number of aromatic nitrogens is 1. The van der Waals surface area contributed by atoms with Gasteiger partial charge in [0.15, 0.2) is 11.6 Å². The number of carbonyl (C=O) groups excluding carboxylic acids is 2. The molecule has 2 saturated heterocycles. The summed E-state index contributed by atoms with van der Waals surface area (Å²) in [5, 5.41) is 11.5. The Kier molecular flexibility index (Phi) is 6.58. The molecule has 1 aromatic carbocycles. The molecule has 2 fully saturated rings. The van der Waals surface area contributed by atoms with Crippen LogP contribution in [0.4, 0.5) is 20.7 Å². The average Bonchev–Trinajstić information content (AvgIpc) is 3.20. The maximum Gasteiger partial charge on any atom is 0.414 e. The summed E-state index contributed by atoms with van der Waals surface area (Å²) in [4.78, 5) is 30.9. The van der Waals surface area contributed by atoms with E-state index in [0.29, 0.717) is 37.2 Å². The monoisotopic (exact) mass is 453 g/mol. The SMILES string of the molecule is CC(=O)NC[C@H]1CN(c2ccc(OC3CCN(c4ccc(C#N)cn4)CC3)c(F)c2)C(=O)O1. The highest BCUT2D eigenvalue weighted by Crippen LogP contribution is 2.29. The van der Waals surface area contributed by atoms with Gasteiger partial charge in [0.1, 0.15) is 24.1 Å². The number of rotatable bonds is 6. The lowest BCUT2D eigenvalue weighted by Gasteiger charge is -2.33. The second-order valence-corrected chi connectivity index (χ2v) is 7.99. The highest BCUT2D eigenvalue weighted by molar-refractivity contribution is 5.90. The first-order chi connectivity index (χ1) is 15.9. The van der Waals surface area contributed by atoms with E-state index in [2.05, 4.69) is 21.3 Å². The lowest BCUT2D eigenvalue weighted by molar-refractivity contribution is -0.119. The molecule has 9 nitrogen and oxygen atoms in total. The molecular weight excluding hydrogens is 429 g/mol. The van der Waals surface area contributed by atoms with Crippen LogP contribution in [0.5, 0.6) is 5.75 Å². The van der Waals surface area contributed by atoms with Gasteiger partial charge in [-0.25, -0.2) is 14.2 Å². The van der Waals surface area contributed by atoms with Crippen LogP contribution in [0.3, 0.4) is 0 Å². The third-order valence-corrected chi connectivity index (χ3v) is 5.62. The van der Waals surface area contributed by atoms with Crippen molar-refractivity contribution in [1.29, 1.82) is 5.26 Å². The number of hydrogen-bond donors (Lipinski definition) is 1. The summed E-state index contributed by atoms with van der Waals surface area (Å²) in [6.07, 6.45) is 1.74. The van der Waals surface area contributed by atoms with Crippen molar-refractivity contribution >= 4 is 23.5 Å². The molecule has 172 valence electrons. The molecule has 3 heterocycles. The number of hydrogen-bond acceptors (Lipinski definition) is 7. The van der Waals surface area contributed by atoms with Crippen LogP contribution in [-0.2, 0) is 9.53 Å². The molecule has 0 saturated carbocycles. The second kappa shape index (κ2) is 9.73. The fraction of sp³-hybridized carbons (Fsp3) is 0.391. The molecule has 2 amide bonds. The number of halogens is 1. The quantitative estimate of drug-likeness (QED) is 0.716. The van der Waals surface area contributed by atoms with Gasteiger partial charge >= 0.3 is 6.09 Å². The fourth-order valence-corrected chi connectivity index (χ4v) is 3.87. The van der Waals surface area contributed by atoms with Gasteiger partial charge in [0.25, 0.3) is 0 Å². The molecule has 33 heavy (non-hydrogen) atoms. The fourth-order valence-electron chi connectivity index (χ4n) is 3.87. The number of carbonyl (C=O) groups is 2. The van der Waals surface area contributed by atoms with Crippen LogP contribution >= 0.6 is 0 Å². The van der Waals surface area contributed by atoms with Gasteiger partial charge in [-0.1, -0.05) is 0 Å². The van der Waals surface area contributed by atoms with E-state index in [1.54, 1.807) is 18.3 Å². The minimum Gasteiger partial charge on any atom is -0.487 e. The number of pyridine rings is 1. The first-order valence-electron chi connectivity index (χ1n) is 10.7. The highest BCUT2D eigenvalue weighted by atomic mass is 19.1. The van der Waals surface area contributed by atoms with Crippen LogP contribution in [0.2, 0.25) is 0 Å². The standard InChI is InChI=1S/C23H24FN5O4/c1-15(30)26-13-19-14-29(23(31)33-19)17-3-4-21(20(24)10-17)32-18-6-8-28(9-7-18)22-5-2-16(11-25)12-27-22/h2-5,10,12,18-19H,6-9,13-14H2,1H3,(H,26,30)/t19-/m0/s1. The summed E-state index contributed by atoms with van der Waals surface area (Å²) < 4.78 is 25.9. The predicted molar refractivity (Wildman–Crippen MR) is 118 cm³/mol. The van der Waals surface area contributed by atoms with Crippen LogP contribution in [0.25, 0.3) is 0 Å². The van der Waals surface area contributed by atoms with Crippen molar-refractivity contribution in [3.63, 3.8) is 0 Å². The lowest BCUT2D eigenvalue weighted by atomic mass is 10.1. The lowest BCUT2D eigenvalue weighted by Crippen LogP contribution is -2.38. The van der Waals surface area contributed by atoms with E-state index in [1.165, 1.54) is 24.0 Å². The van der Waals surface area contributed by atoms with Gasteiger partial charge in [-0.05, 0) is 24.3 Å². The summed E-state index contributed by atoms with van der Waals surface area (Å²) in [6.45, 7) is 3.23. The average molecular weight is 453 g/mol. The first kappa shape index (κ1) is 22.3. The van der Waals surface area contributed by atoms with E-state index < -0.39 is 18.0 Å². The molecule has 1 aromatic heterocycles. The summed E-state index contributed by atoms with van der Waals surface area (Å²) in [5.74, 6) is 0.172. The zero-order valence-corrected chi connectivity index (χ0v) is 18.2. The minimum atomic E-state index is -0.581. The third-order valence-electron chi connectivity index (χ3n) is 5.62. The van der Waals surface area contributed by atoms with Crippen molar-refractivity contribution in [2.24, 2.45) is 0 Å². The molecule has 10 heteroatoms. The minimum absolute atomic E-state index is 0.135. The van der Waals surface area contributed by atoms with Gasteiger partial charge in [-0.3, -0.25) is 9.69 Å². The molecule has 0 aliphatic carbocycles. The maximum absolute atomic E-state index is 14.7. The number of anilines is 2. The van der Waals surface area contributed by atoms with Gasteiger partial charge in [0, 0.05) is 45.1 Å². The van der Waals surface area contributed by atoms with Crippen molar-refractivity contribution in [3.05, 3.63) is 47.9 Å². The number of ether oxygens (including phenoxy) is 2. The Morgan fingerprint density at radius 3 is 2.76 bits per heavy atom. The van der Waals surface area contributed by atoms with Gasteiger partial charge in [-0.2, -0.15) is 5.26 Å². The summed E-state index contributed by atoms with van der Waals surface area (Å²) in [6, 6.07) is 10.0. The maximum atomic E-state index is 14.7. The number of amides is 2. The summed E-state index contributed by atoms with van der Waals surface area (Å²) in [5.41, 5.74) is 0.887. The van der Waals surface area contributed by atoms with E-state index in [-0.39, 0.29) is 30.9 Å². The number of nitrogens with one attached hydrogen (secondary N) is 1. The molecule has 2 aliphatic rings. The van der Waals surface area contributed by atoms with Gasteiger partial charge < -0.3 is 19.7 Å². The molecule has 1 atom stereocenters. The van der Waals surface area contributed by atoms with Gasteiger partial charge in [-0.15, -0.1) is 0 Å². The van der Waals surface area contributed by atoms with E-state index in [9.17, 15) is 14.0 Å². The van der Waals surface area contributed by atoms with Gasteiger partial charge in [0.05, 0.1) is 24.3 Å².